The third kappa shape index (κ3) is 4.86. The largest absolute Gasteiger partial charge is 0.416 e. The van der Waals surface area contributed by atoms with Crippen molar-refractivity contribution in [3.8, 4) is 11.1 Å². The zero-order valence-electron chi connectivity index (χ0n) is 17.3. The van der Waals surface area contributed by atoms with Crippen molar-refractivity contribution in [2.75, 3.05) is 17.1 Å². The van der Waals surface area contributed by atoms with Crippen molar-refractivity contribution >= 4 is 21.8 Å². The molecule has 0 saturated carbocycles. The Hall–Kier alpha value is -3.38. The lowest BCUT2D eigenvalue weighted by atomic mass is 10.1. The fraction of sp³-hybridized carbons (Fsp3) is 0.238. The summed E-state index contributed by atoms with van der Waals surface area (Å²) in [5, 5.41) is 4.21. The first kappa shape index (κ1) is 22.8. The second-order valence-corrected chi connectivity index (χ2v) is 9.41. The van der Waals surface area contributed by atoms with E-state index in [1.54, 1.807) is 30.3 Å². The predicted molar refractivity (Wildman–Crippen MR) is 114 cm³/mol. The minimum Gasteiger partial charge on any atom is -0.366 e. The Kier molecular flexibility index (Phi) is 5.89. The minimum absolute atomic E-state index is 0.0692. The molecule has 0 saturated heterocycles. The van der Waals surface area contributed by atoms with Gasteiger partial charge in [0.2, 0.25) is 10.0 Å². The van der Waals surface area contributed by atoms with Gasteiger partial charge in [-0.25, -0.2) is 17.9 Å². The quantitative estimate of drug-likeness (QED) is 0.565. The number of anilines is 1. The van der Waals surface area contributed by atoms with Crippen LogP contribution in [-0.2, 0) is 27.6 Å². The van der Waals surface area contributed by atoms with Gasteiger partial charge in [0.25, 0.3) is 0 Å². The number of benzene rings is 2. The molecule has 3 aromatic rings. The standard InChI is InChI=1S/C21H19F3N4O4S/c1-33(30,31)28-13-17(26-32-20(29)15-5-3-2-4-6-15)12-27-19(28)18(11-25-27)14-7-9-16(10-8-14)21(22,23)24/h2-11,17,26H,12-13H2,1H3. The highest BCUT2D eigenvalue weighted by molar-refractivity contribution is 7.92. The van der Waals surface area contributed by atoms with Crippen LogP contribution in [0, 0.1) is 0 Å². The van der Waals surface area contributed by atoms with E-state index in [1.807, 2.05) is 0 Å². The van der Waals surface area contributed by atoms with Crippen LogP contribution in [0.2, 0.25) is 0 Å². The summed E-state index contributed by atoms with van der Waals surface area (Å²) in [5.41, 5.74) is 2.87. The number of hydrogen-bond donors (Lipinski definition) is 1. The molecule has 0 radical (unpaired) electrons. The number of nitrogens with one attached hydrogen (secondary N) is 1. The van der Waals surface area contributed by atoms with Gasteiger partial charge in [0.15, 0.2) is 0 Å². The highest BCUT2D eigenvalue weighted by Crippen LogP contribution is 2.36. The molecule has 2 aromatic carbocycles. The maximum atomic E-state index is 12.9. The fourth-order valence-electron chi connectivity index (χ4n) is 3.51. The third-order valence-electron chi connectivity index (χ3n) is 5.08. The molecule has 0 bridgehead atoms. The molecule has 0 aliphatic carbocycles. The molecule has 1 aliphatic heterocycles. The van der Waals surface area contributed by atoms with Crippen LogP contribution in [0.1, 0.15) is 15.9 Å². The number of alkyl halides is 3. The number of carbonyl (C=O) groups is 1. The molecule has 0 fully saturated rings. The van der Waals surface area contributed by atoms with Gasteiger partial charge in [-0.2, -0.15) is 18.3 Å². The molecule has 0 spiro atoms. The van der Waals surface area contributed by atoms with E-state index in [0.29, 0.717) is 16.7 Å². The first-order valence-corrected chi connectivity index (χ1v) is 11.6. The van der Waals surface area contributed by atoms with Crippen molar-refractivity contribution in [2.45, 2.75) is 18.8 Å². The summed E-state index contributed by atoms with van der Waals surface area (Å²) in [6.45, 7) is 0.101. The highest BCUT2D eigenvalue weighted by atomic mass is 32.2. The maximum Gasteiger partial charge on any atom is 0.416 e. The number of hydrogen-bond acceptors (Lipinski definition) is 6. The van der Waals surface area contributed by atoms with Crippen LogP contribution in [0.5, 0.6) is 0 Å². The summed E-state index contributed by atoms with van der Waals surface area (Å²) in [6.07, 6.45) is -2.07. The zero-order valence-corrected chi connectivity index (χ0v) is 18.1. The van der Waals surface area contributed by atoms with Gasteiger partial charge >= 0.3 is 12.1 Å². The van der Waals surface area contributed by atoms with Crippen molar-refractivity contribution in [3.05, 3.63) is 71.9 Å². The van der Waals surface area contributed by atoms with Crippen LogP contribution in [0.25, 0.3) is 11.1 Å². The van der Waals surface area contributed by atoms with Crippen molar-refractivity contribution in [1.82, 2.24) is 15.3 Å². The Bertz CT molecular complexity index is 1260. The molecule has 1 aromatic heterocycles. The normalized spacial score (nSPS) is 16.4. The smallest absolute Gasteiger partial charge is 0.366 e. The summed E-state index contributed by atoms with van der Waals surface area (Å²) < 4.78 is 66.2. The number of aromatic nitrogens is 2. The molecule has 1 N–H and O–H groups in total. The summed E-state index contributed by atoms with van der Waals surface area (Å²) >= 11 is 0. The fourth-order valence-corrected chi connectivity index (χ4v) is 4.47. The second-order valence-electron chi connectivity index (χ2n) is 7.50. The average molecular weight is 480 g/mol. The van der Waals surface area contributed by atoms with Crippen LogP contribution < -0.4 is 9.79 Å². The summed E-state index contributed by atoms with van der Waals surface area (Å²) in [4.78, 5) is 17.3. The van der Waals surface area contributed by atoms with Crippen LogP contribution in [0.4, 0.5) is 19.0 Å². The van der Waals surface area contributed by atoms with Gasteiger partial charge in [-0.3, -0.25) is 4.31 Å². The van der Waals surface area contributed by atoms with Crippen molar-refractivity contribution in [1.29, 1.82) is 0 Å². The maximum absolute atomic E-state index is 12.9. The lowest BCUT2D eigenvalue weighted by Crippen LogP contribution is -2.50. The number of rotatable bonds is 5. The average Bonchev–Trinajstić information content (AvgIpc) is 3.20. The Morgan fingerprint density at radius 3 is 2.36 bits per heavy atom. The molecular weight excluding hydrogens is 461 g/mol. The first-order valence-electron chi connectivity index (χ1n) is 9.77. The zero-order chi connectivity index (χ0) is 23.8. The van der Waals surface area contributed by atoms with Gasteiger partial charge < -0.3 is 4.84 Å². The molecule has 4 rings (SSSR count). The molecular formula is C21H19F3N4O4S. The molecule has 1 atom stereocenters. The Labute approximate surface area is 187 Å². The van der Waals surface area contributed by atoms with Gasteiger partial charge in [-0.1, -0.05) is 30.3 Å². The predicted octanol–water partition coefficient (Wildman–Crippen LogP) is 3.08. The van der Waals surface area contributed by atoms with E-state index in [9.17, 15) is 26.4 Å². The number of carbonyl (C=O) groups excluding carboxylic acids is 1. The molecule has 2 heterocycles. The second kappa shape index (κ2) is 8.52. The van der Waals surface area contributed by atoms with Gasteiger partial charge in [0, 0.05) is 5.56 Å². The number of halogens is 3. The van der Waals surface area contributed by atoms with Crippen LogP contribution >= 0.6 is 0 Å². The lowest BCUT2D eigenvalue weighted by molar-refractivity contribution is -0.137. The first-order chi connectivity index (χ1) is 15.5. The summed E-state index contributed by atoms with van der Waals surface area (Å²) in [6, 6.07) is 12.1. The molecule has 12 heteroatoms. The molecule has 0 amide bonds. The van der Waals surface area contributed by atoms with Crippen LogP contribution in [0.15, 0.2) is 60.8 Å². The third-order valence-corrected chi connectivity index (χ3v) is 6.20. The Balaban J connectivity index is 1.59. The molecule has 33 heavy (non-hydrogen) atoms. The summed E-state index contributed by atoms with van der Waals surface area (Å²) in [5.74, 6) is -0.400. The van der Waals surface area contributed by atoms with Crippen molar-refractivity contribution in [3.63, 3.8) is 0 Å². The highest BCUT2D eigenvalue weighted by Gasteiger charge is 2.35. The van der Waals surface area contributed by atoms with E-state index < -0.39 is 33.8 Å². The van der Waals surface area contributed by atoms with E-state index >= 15 is 0 Å². The SMILES string of the molecule is CS(=O)(=O)N1CC(NOC(=O)c2ccccc2)Cn2ncc(-c3ccc(C(F)(F)F)cc3)c21. The van der Waals surface area contributed by atoms with Crippen molar-refractivity contribution in [2.24, 2.45) is 0 Å². The van der Waals surface area contributed by atoms with Crippen LogP contribution in [-0.4, -0.2) is 43.0 Å². The Morgan fingerprint density at radius 2 is 1.76 bits per heavy atom. The number of nitrogens with zero attached hydrogens (tertiary/aromatic N) is 3. The van der Waals surface area contributed by atoms with E-state index in [-0.39, 0.29) is 18.9 Å². The van der Waals surface area contributed by atoms with Gasteiger partial charge in [-0.15, -0.1) is 5.48 Å². The van der Waals surface area contributed by atoms with Gasteiger partial charge in [0.05, 0.1) is 42.7 Å². The van der Waals surface area contributed by atoms with E-state index in [2.05, 4.69) is 10.6 Å². The molecule has 1 aliphatic rings. The van der Waals surface area contributed by atoms with E-state index in [4.69, 9.17) is 4.84 Å². The lowest BCUT2D eigenvalue weighted by Gasteiger charge is -2.33. The number of sulfonamides is 1. The van der Waals surface area contributed by atoms with E-state index in [0.717, 1.165) is 22.7 Å². The number of fused-ring (bicyclic) bond motifs is 1. The number of hydroxylamine groups is 1. The molecule has 174 valence electrons. The Morgan fingerprint density at radius 1 is 1.09 bits per heavy atom. The topological polar surface area (TPSA) is 93.5 Å². The van der Waals surface area contributed by atoms with Gasteiger partial charge in [0.1, 0.15) is 5.82 Å². The summed E-state index contributed by atoms with van der Waals surface area (Å²) in [7, 11) is -3.78. The molecule has 1 unspecified atom stereocenters. The van der Waals surface area contributed by atoms with Crippen LogP contribution in [0.3, 0.4) is 0 Å². The van der Waals surface area contributed by atoms with E-state index in [1.165, 1.54) is 23.0 Å². The monoisotopic (exact) mass is 480 g/mol. The van der Waals surface area contributed by atoms with Crippen molar-refractivity contribution < 1.29 is 31.2 Å². The molecule has 8 nitrogen and oxygen atoms in total. The van der Waals surface area contributed by atoms with Gasteiger partial charge in [-0.05, 0) is 29.8 Å². The minimum atomic E-state index is -4.48.